The summed E-state index contributed by atoms with van der Waals surface area (Å²) in [5, 5.41) is 0.447. The molecule has 3 atom stereocenters. The Morgan fingerprint density at radius 2 is 2.05 bits per heavy atom. The minimum atomic E-state index is -0.231. The predicted octanol–water partition coefficient (Wildman–Crippen LogP) is 3.26. The van der Waals surface area contributed by atoms with E-state index >= 15 is 0 Å². The highest BCUT2D eigenvalue weighted by Gasteiger charge is 2.34. The van der Waals surface area contributed by atoms with Crippen LogP contribution in [0.4, 0.5) is 10.1 Å². The van der Waals surface area contributed by atoms with Crippen LogP contribution in [0.25, 0.3) is 0 Å². The summed E-state index contributed by atoms with van der Waals surface area (Å²) in [6.45, 7) is 1.74. The molecule has 1 aliphatic carbocycles. The van der Waals surface area contributed by atoms with Gasteiger partial charge >= 0.3 is 0 Å². The second-order valence-electron chi connectivity index (χ2n) is 6.67. The number of nitrogens with two attached hydrogens (primary N) is 1. The highest BCUT2D eigenvalue weighted by Crippen LogP contribution is 2.30. The molecule has 2 fully saturated rings. The molecule has 1 aromatic carbocycles. The third-order valence-corrected chi connectivity index (χ3v) is 5.53. The van der Waals surface area contributed by atoms with Gasteiger partial charge in [-0.05, 0) is 44.5 Å². The van der Waals surface area contributed by atoms with E-state index in [2.05, 4.69) is 16.8 Å². The number of halogens is 2. The Balaban J connectivity index is 1.66. The van der Waals surface area contributed by atoms with Gasteiger partial charge in [-0.2, -0.15) is 0 Å². The van der Waals surface area contributed by atoms with Crippen LogP contribution in [0, 0.1) is 5.82 Å². The van der Waals surface area contributed by atoms with E-state index < -0.39 is 0 Å². The van der Waals surface area contributed by atoms with Crippen molar-refractivity contribution in [3.05, 3.63) is 29.0 Å². The maximum Gasteiger partial charge on any atom is 0.147 e. The van der Waals surface area contributed by atoms with Crippen molar-refractivity contribution in [1.82, 2.24) is 4.90 Å². The van der Waals surface area contributed by atoms with Crippen molar-refractivity contribution >= 4 is 17.3 Å². The first-order valence-corrected chi connectivity index (χ1v) is 8.61. The molecular weight excluding hydrogens is 301 g/mol. The lowest BCUT2D eigenvalue weighted by Crippen LogP contribution is -2.52. The van der Waals surface area contributed by atoms with Gasteiger partial charge in [-0.15, -0.1) is 0 Å². The van der Waals surface area contributed by atoms with E-state index in [9.17, 15) is 4.39 Å². The number of benzene rings is 1. The van der Waals surface area contributed by atoms with Gasteiger partial charge in [0, 0.05) is 36.2 Å². The molecule has 22 heavy (non-hydrogen) atoms. The molecule has 2 N–H and O–H groups in total. The lowest BCUT2D eigenvalue weighted by molar-refractivity contribution is 0.129. The third kappa shape index (κ3) is 3.24. The van der Waals surface area contributed by atoms with Gasteiger partial charge < -0.3 is 10.6 Å². The summed E-state index contributed by atoms with van der Waals surface area (Å²) in [7, 11) is 2.18. The van der Waals surface area contributed by atoms with Crippen LogP contribution >= 0.6 is 11.6 Å². The van der Waals surface area contributed by atoms with Crippen LogP contribution in [0.5, 0.6) is 0 Å². The van der Waals surface area contributed by atoms with E-state index in [4.69, 9.17) is 17.3 Å². The van der Waals surface area contributed by atoms with Crippen molar-refractivity contribution in [2.45, 2.75) is 50.2 Å². The van der Waals surface area contributed by atoms with Crippen molar-refractivity contribution in [2.24, 2.45) is 5.73 Å². The number of likely N-dealkylation sites (N-methyl/N-ethyl adjacent to an activating group) is 1. The van der Waals surface area contributed by atoms with Gasteiger partial charge in [0.05, 0.1) is 5.69 Å². The van der Waals surface area contributed by atoms with Crippen LogP contribution < -0.4 is 10.6 Å². The first-order chi connectivity index (χ1) is 10.6. The van der Waals surface area contributed by atoms with Gasteiger partial charge in [-0.3, -0.25) is 4.90 Å². The highest BCUT2D eigenvalue weighted by molar-refractivity contribution is 6.30. The minimum Gasteiger partial charge on any atom is -0.368 e. The lowest BCUT2D eigenvalue weighted by Gasteiger charge is -2.39. The average Bonchev–Trinajstić information content (AvgIpc) is 2.96. The molecule has 5 heteroatoms. The minimum absolute atomic E-state index is 0.231. The molecule has 0 bridgehead atoms. The van der Waals surface area contributed by atoms with Crippen LogP contribution in [0.15, 0.2) is 18.2 Å². The van der Waals surface area contributed by atoms with E-state index in [1.54, 1.807) is 12.1 Å². The lowest BCUT2D eigenvalue weighted by atomic mass is 9.89. The molecule has 1 heterocycles. The fourth-order valence-electron chi connectivity index (χ4n) is 3.95. The Labute approximate surface area is 137 Å². The summed E-state index contributed by atoms with van der Waals surface area (Å²) < 4.78 is 14.1. The summed E-state index contributed by atoms with van der Waals surface area (Å²) in [6, 6.07) is 6.13. The van der Waals surface area contributed by atoms with Crippen molar-refractivity contribution in [3.63, 3.8) is 0 Å². The smallest absolute Gasteiger partial charge is 0.147 e. The molecule has 0 radical (unpaired) electrons. The summed E-state index contributed by atoms with van der Waals surface area (Å²) in [5.74, 6) is -0.231. The first-order valence-electron chi connectivity index (χ1n) is 8.24. The summed E-state index contributed by atoms with van der Waals surface area (Å²) in [4.78, 5) is 4.57. The molecule has 0 amide bonds. The second kappa shape index (κ2) is 6.73. The molecule has 1 aliphatic heterocycles. The van der Waals surface area contributed by atoms with Gasteiger partial charge in [0.1, 0.15) is 5.82 Å². The Morgan fingerprint density at radius 3 is 2.77 bits per heavy atom. The molecule has 3 rings (SSSR count). The largest absolute Gasteiger partial charge is 0.368 e. The zero-order valence-electron chi connectivity index (χ0n) is 13.1. The van der Waals surface area contributed by atoms with Crippen molar-refractivity contribution < 1.29 is 4.39 Å². The van der Waals surface area contributed by atoms with Gasteiger partial charge in [0.15, 0.2) is 0 Å². The fourth-order valence-corrected chi connectivity index (χ4v) is 4.11. The van der Waals surface area contributed by atoms with Crippen molar-refractivity contribution in [3.8, 4) is 0 Å². The molecule has 0 aromatic heterocycles. The average molecular weight is 326 g/mol. The third-order valence-electron chi connectivity index (χ3n) is 5.29. The van der Waals surface area contributed by atoms with E-state index in [0.29, 0.717) is 22.8 Å². The van der Waals surface area contributed by atoms with Crippen LogP contribution in [0.1, 0.15) is 32.1 Å². The van der Waals surface area contributed by atoms with Crippen LogP contribution in [-0.4, -0.2) is 43.2 Å². The molecule has 3 nitrogen and oxygen atoms in total. The molecule has 1 aromatic rings. The zero-order valence-corrected chi connectivity index (χ0v) is 13.9. The SMILES string of the molecule is CN([C@@H]1CCN(c2ccc(Cl)cc2F)C1)[C@H]1CCCC[C@@H]1N. The van der Waals surface area contributed by atoms with Gasteiger partial charge in [0.2, 0.25) is 0 Å². The van der Waals surface area contributed by atoms with Gasteiger partial charge in [0.25, 0.3) is 0 Å². The zero-order chi connectivity index (χ0) is 15.7. The molecule has 1 saturated heterocycles. The number of hydrogen-bond donors (Lipinski definition) is 1. The quantitative estimate of drug-likeness (QED) is 0.926. The maximum absolute atomic E-state index is 14.1. The molecule has 122 valence electrons. The van der Waals surface area contributed by atoms with Crippen molar-refractivity contribution in [1.29, 1.82) is 0 Å². The van der Waals surface area contributed by atoms with E-state index in [-0.39, 0.29) is 11.9 Å². The number of hydrogen-bond acceptors (Lipinski definition) is 3. The van der Waals surface area contributed by atoms with Gasteiger partial charge in [-0.25, -0.2) is 4.39 Å². The summed E-state index contributed by atoms with van der Waals surface area (Å²) in [5.41, 5.74) is 6.96. The Kier molecular flexibility index (Phi) is 4.91. The standard InChI is InChI=1S/C17H25ClFN3/c1-21(17-5-3-2-4-15(17)20)13-8-9-22(11-13)16-7-6-12(18)10-14(16)19/h6-7,10,13,15,17H,2-5,8-9,11,20H2,1H3/t13-,15+,17+/m1/s1. The molecule has 1 saturated carbocycles. The number of rotatable bonds is 3. The number of anilines is 1. The molecule has 0 spiro atoms. The molecule has 2 aliphatic rings. The van der Waals surface area contributed by atoms with Crippen LogP contribution in [-0.2, 0) is 0 Å². The van der Waals surface area contributed by atoms with Crippen LogP contribution in [0.3, 0.4) is 0 Å². The Hall–Kier alpha value is -0.840. The molecule has 0 unspecified atom stereocenters. The van der Waals surface area contributed by atoms with E-state index in [1.807, 2.05) is 0 Å². The first kappa shape index (κ1) is 16.0. The topological polar surface area (TPSA) is 32.5 Å². The van der Waals surface area contributed by atoms with E-state index in [1.165, 1.54) is 25.3 Å². The van der Waals surface area contributed by atoms with Crippen LogP contribution in [0.2, 0.25) is 5.02 Å². The molecular formula is C17H25ClFN3. The van der Waals surface area contributed by atoms with E-state index in [0.717, 1.165) is 25.9 Å². The highest BCUT2D eigenvalue weighted by atomic mass is 35.5. The maximum atomic E-state index is 14.1. The Bertz CT molecular complexity index is 525. The summed E-state index contributed by atoms with van der Waals surface area (Å²) >= 11 is 5.84. The normalized spacial score (nSPS) is 29.3. The van der Waals surface area contributed by atoms with Gasteiger partial charge in [-0.1, -0.05) is 24.4 Å². The fraction of sp³-hybridized carbons (Fsp3) is 0.647. The Morgan fingerprint density at radius 1 is 1.27 bits per heavy atom. The monoisotopic (exact) mass is 325 g/mol. The number of nitrogens with zero attached hydrogens (tertiary/aromatic N) is 2. The summed E-state index contributed by atoms with van der Waals surface area (Å²) in [6.07, 6.45) is 5.88. The van der Waals surface area contributed by atoms with Crippen molar-refractivity contribution in [2.75, 3.05) is 25.0 Å². The second-order valence-corrected chi connectivity index (χ2v) is 7.10. The predicted molar refractivity (Wildman–Crippen MR) is 90.0 cm³/mol.